The molecule has 1 unspecified atom stereocenters. The van der Waals surface area contributed by atoms with E-state index in [1.807, 2.05) is 73.7 Å². The van der Waals surface area contributed by atoms with Crippen molar-refractivity contribution in [3.05, 3.63) is 107 Å². The average Bonchev–Trinajstić information content (AvgIpc) is 3.25. The Bertz CT molecular complexity index is 1250. The molecule has 1 saturated carbocycles. The summed E-state index contributed by atoms with van der Waals surface area (Å²) in [7, 11) is 0. The number of rotatable bonds is 3. The van der Waals surface area contributed by atoms with Gasteiger partial charge in [0, 0.05) is 22.9 Å². The smallest absolute Gasteiger partial charge is 0.264 e. The van der Waals surface area contributed by atoms with Crippen molar-refractivity contribution in [1.82, 2.24) is 0 Å². The van der Waals surface area contributed by atoms with Crippen LogP contribution in [0.1, 0.15) is 30.4 Å². The highest BCUT2D eigenvalue weighted by Crippen LogP contribution is 2.56. The van der Waals surface area contributed by atoms with Gasteiger partial charge in [-0.1, -0.05) is 72.3 Å². The first kappa shape index (κ1) is 20.4. The number of Topliss-reactive ketones (excluding diaryl/α,β-unsaturated/α-hetero) is 1. The van der Waals surface area contributed by atoms with E-state index in [-0.39, 0.29) is 24.0 Å². The lowest BCUT2D eigenvalue weighted by Crippen LogP contribution is -2.42. The first-order valence-corrected chi connectivity index (χ1v) is 10.9. The van der Waals surface area contributed by atoms with Gasteiger partial charge in [-0.3, -0.25) is 9.59 Å². The lowest BCUT2D eigenvalue weighted by atomic mass is 9.68. The lowest BCUT2D eigenvalue weighted by Gasteiger charge is -2.31. The molecule has 3 aromatic carbocycles. The minimum absolute atomic E-state index is 0.0245. The number of nitrogens with zero attached hydrogens (tertiary/aromatic N) is 2. The molecule has 4 nitrogen and oxygen atoms in total. The van der Waals surface area contributed by atoms with Gasteiger partial charge in [0.15, 0.2) is 5.78 Å². The number of carbonyl (C=O) groups excluding carboxylic acids is 2. The fourth-order valence-corrected chi connectivity index (χ4v) is 5.01. The van der Waals surface area contributed by atoms with E-state index in [2.05, 4.69) is 5.10 Å². The summed E-state index contributed by atoms with van der Waals surface area (Å²) in [4.78, 5) is 27.5. The molecule has 1 amide bonds. The number of halogens is 1. The topological polar surface area (TPSA) is 49.7 Å². The minimum atomic E-state index is -1.14. The molecule has 158 valence electrons. The summed E-state index contributed by atoms with van der Waals surface area (Å²) in [5, 5.41) is 6.67. The van der Waals surface area contributed by atoms with Crippen molar-refractivity contribution in [3.63, 3.8) is 0 Å². The van der Waals surface area contributed by atoms with E-state index in [0.717, 1.165) is 11.1 Å². The van der Waals surface area contributed by atoms with Crippen LogP contribution in [0.25, 0.3) is 6.08 Å². The number of anilines is 1. The molecule has 1 aliphatic carbocycles. The van der Waals surface area contributed by atoms with Crippen molar-refractivity contribution in [3.8, 4) is 0 Å². The fourth-order valence-electron chi connectivity index (χ4n) is 4.88. The molecule has 32 heavy (non-hydrogen) atoms. The molecule has 5 heteroatoms. The highest BCUT2D eigenvalue weighted by molar-refractivity contribution is 6.31. The van der Waals surface area contributed by atoms with Gasteiger partial charge in [-0.15, -0.1) is 0 Å². The number of hydrogen-bond acceptors (Lipinski definition) is 3. The van der Waals surface area contributed by atoms with Crippen molar-refractivity contribution >= 4 is 40.8 Å². The second kappa shape index (κ2) is 7.88. The average molecular weight is 441 g/mol. The number of hydrazone groups is 1. The third kappa shape index (κ3) is 3.10. The van der Waals surface area contributed by atoms with Crippen molar-refractivity contribution in [2.75, 3.05) is 5.01 Å². The van der Waals surface area contributed by atoms with E-state index < -0.39 is 5.41 Å². The normalized spacial score (nSPS) is 23.9. The number of hydrogen-bond donors (Lipinski definition) is 0. The van der Waals surface area contributed by atoms with Gasteiger partial charge in [-0.2, -0.15) is 10.1 Å². The van der Waals surface area contributed by atoms with Gasteiger partial charge >= 0.3 is 0 Å². The maximum Gasteiger partial charge on any atom is 0.264 e. The second-order valence-corrected chi connectivity index (χ2v) is 8.58. The zero-order chi connectivity index (χ0) is 22.3. The Balaban J connectivity index is 1.71. The van der Waals surface area contributed by atoms with Crippen LogP contribution < -0.4 is 5.01 Å². The van der Waals surface area contributed by atoms with Crippen LogP contribution in [-0.4, -0.2) is 17.4 Å². The molecule has 1 aliphatic heterocycles. The van der Waals surface area contributed by atoms with Gasteiger partial charge in [-0.25, -0.2) is 0 Å². The quantitative estimate of drug-likeness (QED) is 0.477. The summed E-state index contributed by atoms with van der Waals surface area (Å²) in [5.74, 6) is -0.553. The fraction of sp³-hybridized carbons (Fsp3) is 0.148. The lowest BCUT2D eigenvalue weighted by molar-refractivity contribution is -0.123. The molecule has 0 radical (unpaired) electrons. The van der Waals surface area contributed by atoms with Gasteiger partial charge in [0.05, 0.1) is 11.4 Å². The predicted molar refractivity (Wildman–Crippen MR) is 128 cm³/mol. The van der Waals surface area contributed by atoms with E-state index in [1.54, 1.807) is 24.3 Å². The van der Waals surface area contributed by atoms with Crippen LogP contribution >= 0.6 is 11.6 Å². The summed E-state index contributed by atoms with van der Waals surface area (Å²) >= 11 is 6.05. The minimum Gasteiger partial charge on any atom is -0.294 e. The molecule has 1 spiro atoms. The second-order valence-electron chi connectivity index (χ2n) is 8.15. The monoisotopic (exact) mass is 440 g/mol. The van der Waals surface area contributed by atoms with Crippen LogP contribution in [0, 0.1) is 5.41 Å². The maximum absolute atomic E-state index is 14.1. The third-order valence-electron chi connectivity index (χ3n) is 6.37. The van der Waals surface area contributed by atoms with E-state index in [1.165, 1.54) is 5.01 Å². The molecule has 1 fully saturated rings. The molecular weight excluding hydrogens is 420 g/mol. The highest BCUT2D eigenvalue weighted by atomic mass is 35.5. The molecule has 1 heterocycles. The molecule has 3 aromatic rings. The van der Waals surface area contributed by atoms with Crippen LogP contribution in [0.3, 0.4) is 0 Å². The standard InChI is InChI=1S/C27H21ClN2O2/c1-18-27(26(32)30(29-18)22-14-12-21(28)13-15-22)23(20-10-6-3-7-11-20)17-25(31)24(27)16-19-8-4-2-5-9-19/h2-16,23H,17H2,1H3/b24-16+/t23?,27-/m1/s1. The molecule has 5 rings (SSSR count). The molecule has 2 aliphatic rings. The Morgan fingerprint density at radius 2 is 1.56 bits per heavy atom. The first-order valence-electron chi connectivity index (χ1n) is 10.5. The number of benzene rings is 3. The van der Waals surface area contributed by atoms with Crippen LogP contribution in [-0.2, 0) is 9.59 Å². The van der Waals surface area contributed by atoms with Crippen molar-refractivity contribution in [1.29, 1.82) is 0 Å². The summed E-state index contributed by atoms with van der Waals surface area (Å²) in [6.45, 7) is 1.85. The largest absolute Gasteiger partial charge is 0.294 e. The SMILES string of the molecule is CC1=NN(c2ccc(Cl)cc2)C(=O)[C@]12/C(=C/c1ccccc1)C(=O)CC2c1ccccc1. The van der Waals surface area contributed by atoms with Gasteiger partial charge in [0.1, 0.15) is 5.41 Å². The van der Waals surface area contributed by atoms with Crippen molar-refractivity contribution in [2.45, 2.75) is 19.3 Å². The number of ketones is 1. The highest BCUT2D eigenvalue weighted by Gasteiger charge is 2.63. The van der Waals surface area contributed by atoms with Crippen molar-refractivity contribution < 1.29 is 9.59 Å². The first-order chi connectivity index (χ1) is 15.5. The van der Waals surface area contributed by atoms with Crippen LogP contribution in [0.2, 0.25) is 5.02 Å². The van der Waals surface area contributed by atoms with Gasteiger partial charge in [-0.05, 0) is 48.4 Å². The molecule has 2 atom stereocenters. The van der Waals surface area contributed by atoms with Gasteiger partial charge in [0.2, 0.25) is 0 Å². The molecule has 0 N–H and O–H groups in total. The number of carbonyl (C=O) groups is 2. The van der Waals surface area contributed by atoms with Gasteiger partial charge in [0.25, 0.3) is 5.91 Å². The van der Waals surface area contributed by atoms with E-state index in [4.69, 9.17) is 11.6 Å². The summed E-state index contributed by atoms with van der Waals surface area (Å²) in [6.07, 6.45) is 2.11. The Morgan fingerprint density at radius 1 is 0.938 bits per heavy atom. The number of amides is 1. The third-order valence-corrected chi connectivity index (χ3v) is 6.62. The molecular formula is C27H21ClN2O2. The maximum atomic E-state index is 14.1. The van der Waals surface area contributed by atoms with E-state index >= 15 is 0 Å². The summed E-state index contributed by atoms with van der Waals surface area (Å²) in [5.41, 5.74) is 2.45. The van der Waals surface area contributed by atoms with E-state index in [9.17, 15) is 9.59 Å². The zero-order valence-electron chi connectivity index (χ0n) is 17.5. The van der Waals surface area contributed by atoms with Gasteiger partial charge < -0.3 is 0 Å². The van der Waals surface area contributed by atoms with Crippen LogP contribution in [0.4, 0.5) is 5.69 Å². The summed E-state index contributed by atoms with van der Waals surface area (Å²) < 4.78 is 0. The summed E-state index contributed by atoms with van der Waals surface area (Å²) in [6, 6.07) is 26.4. The van der Waals surface area contributed by atoms with Crippen LogP contribution in [0.15, 0.2) is 95.6 Å². The van der Waals surface area contributed by atoms with Crippen molar-refractivity contribution in [2.24, 2.45) is 10.5 Å². The zero-order valence-corrected chi connectivity index (χ0v) is 18.3. The molecule has 0 bridgehead atoms. The Morgan fingerprint density at radius 3 is 2.22 bits per heavy atom. The Labute approximate surface area is 191 Å². The predicted octanol–water partition coefficient (Wildman–Crippen LogP) is 5.89. The van der Waals surface area contributed by atoms with E-state index in [0.29, 0.717) is 22.0 Å². The Kier molecular flexibility index (Phi) is 5.03. The van der Waals surface area contributed by atoms with Crippen LogP contribution in [0.5, 0.6) is 0 Å². The molecule has 0 aromatic heterocycles. The Hall–Kier alpha value is -3.50. The molecule has 0 saturated heterocycles.